The van der Waals surface area contributed by atoms with Crippen LogP contribution in [0.1, 0.15) is 70.8 Å². The van der Waals surface area contributed by atoms with E-state index in [-0.39, 0.29) is 30.5 Å². The van der Waals surface area contributed by atoms with Crippen LogP contribution in [0.15, 0.2) is 84.9 Å². The molecule has 0 radical (unpaired) electrons. The smallest absolute Gasteiger partial charge is 0.335 e. The summed E-state index contributed by atoms with van der Waals surface area (Å²) in [5.74, 6) is 0.159. The third-order valence-electron chi connectivity index (χ3n) is 7.42. The van der Waals surface area contributed by atoms with Gasteiger partial charge in [-0.05, 0) is 79.3 Å². The van der Waals surface area contributed by atoms with Gasteiger partial charge in [-0.25, -0.2) is 4.79 Å². The number of para-hydroxylation sites is 1. The maximum absolute atomic E-state index is 11.7. The second kappa shape index (κ2) is 11.8. The molecule has 0 aromatic heterocycles. The molecular weight excluding hydrogens is 482 g/mol. The lowest BCUT2D eigenvalue weighted by Gasteiger charge is -2.33. The van der Waals surface area contributed by atoms with E-state index in [0.29, 0.717) is 5.56 Å². The Morgan fingerprint density at radius 2 is 1.78 bits per heavy atom. The van der Waals surface area contributed by atoms with Crippen LogP contribution in [-0.2, 0) is 0 Å². The van der Waals surface area contributed by atoms with Gasteiger partial charge >= 0.3 is 5.97 Å². The van der Waals surface area contributed by atoms with Crippen molar-refractivity contribution in [2.24, 2.45) is 0 Å². The fourth-order valence-corrected chi connectivity index (χ4v) is 5.46. The van der Waals surface area contributed by atoms with Crippen LogP contribution < -0.4 is 10.1 Å². The normalized spacial score (nSPS) is 17.4. The van der Waals surface area contributed by atoms with Crippen molar-refractivity contribution in [2.45, 2.75) is 51.2 Å². The van der Waals surface area contributed by atoms with Crippen molar-refractivity contribution < 1.29 is 14.6 Å². The number of halogens is 1. The van der Waals surface area contributed by atoms with E-state index in [0.717, 1.165) is 48.2 Å². The number of aryl methyl sites for hydroxylation is 1. The molecule has 0 unspecified atom stereocenters. The molecule has 192 valence electrons. The zero-order valence-corrected chi connectivity index (χ0v) is 22.1. The number of benzene rings is 4. The number of carbonyl (C=O) groups is 1. The topological polar surface area (TPSA) is 58.6 Å². The molecule has 0 spiro atoms. The highest BCUT2D eigenvalue weighted by atomic mass is 35.5. The summed E-state index contributed by atoms with van der Waals surface area (Å²) < 4.78 is 6.39. The third-order valence-corrected chi connectivity index (χ3v) is 7.42. The van der Waals surface area contributed by atoms with Crippen molar-refractivity contribution in [1.29, 1.82) is 0 Å². The molecule has 0 bridgehead atoms. The summed E-state index contributed by atoms with van der Waals surface area (Å²) in [5, 5.41) is 15.9. The summed E-state index contributed by atoms with van der Waals surface area (Å²) in [4.78, 5) is 11.7. The SMILES string of the molecule is Cc1ccc([C@@H]2C[C@@H](CCCN[C@H](C)c3cccc4ccccc34)Oc3ccccc32)cc1C(=O)O.Cl. The Morgan fingerprint density at radius 3 is 2.62 bits per heavy atom. The molecule has 4 aromatic carbocycles. The van der Waals surface area contributed by atoms with E-state index in [4.69, 9.17) is 4.74 Å². The molecule has 1 aliphatic heterocycles. The first-order valence-corrected chi connectivity index (χ1v) is 12.8. The van der Waals surface area contributed by atoms with Crippen LogP contribution in [0.25, 0.3) is 10.8 Å². The van der Waals surface area contributed by atoms with Gasteiger partial charge in [0.25, 0.3) is 0 Å². The summed E-state index contributed by atoms with van der Waals surface area (Å²) in [6.07, 6.45) is 2.88. The number of hydrogen-bond acceptors (Lipinski definition) is 3. The molecule has 0 aliphatic carbocycles. The van der Waals surface area contributed by atoms with Gasteiger partial charge in [0.15, 0.2) is 0 Å². The molecule has 5 rings (SSSR count). The van der Waals surface area contributed by atoms with Crippen molar-refractivity contribution in [2.75, 3.05) is 6.54 Å². The number of nitrogens with one attached hydrogen (secondary N) is 1. The minimum absolute atomic E-state index is 0. The molecule has 37 heavy (non-hydrogen) atoms. The van der Waals surface area contributed by atoms with Crippen LogP contribution in [0.5, 0.6) is 5.75 Å². The van der Waals surface area contributed by atoms with Gasteiger partial charge < -0.3 is 15.2 Å². The Balaban J connectivity index is 0.00000320. The standard InChI is InChI=1S/C32H33NO3.ClH/c1-21-16-17-24(19-29(21)32(34)35)30-20-25(36-31-15-6-5-13-28(30)31)11-8-18-33-22(2)26-14-7-10-23-9-3-4-12-27(23)26;/h3-7,9-10,12-17,19,22,25,30,33H,8,11,18,20H2,1-2H3,(H,34,35);1H/t22-,25-,30+;/m1./s1. The molecule has 2 N–H and O–H groups in total. The maximum Gasteiger partial charge on any atom is 0.335 e. The number of hydrogen-bond donors (Lipinski definition) is 2. The Morgan fingerprint density at radius 1 is 1.03 bits per heavy atom. The number of rotatable bonds is 8. The predicted molar refractivity (Wildman–Crippen MR) is 152 cm³/mol. The van der Waals surface area contributed by atoms with E-state index >= 15 is 0 Å². The second-order valence-electron chi connectivity index (χ2n) is 9.83. The van der Waals surface area contributed by atoms with E-state index in [1.54, 1.807) is 0 Å². The molecule has 1 heterocycles. The molecule has 0 saturated carbocycles. The summed E-state index contributed by atoms with van der Waals surface area (Å²) in [6, 6.07) is 29.3. The minimum Gasteiger partial charge on any atom is -0.490 e. The zero-order chi connectivity index (χ0) is 25.1. The lowest BCUT2D eigenvalue weighted by Crippen LogP contribution is -2.28. The Bertz CT molecular complexity index is 1380. The Kier molecular flexibility index (Phi) is 8.52. The molecule has 1 aliphatic rings. The molecule has 0 fully saturated rings. The number of carboxylic acid groups (broad SMARTS) is 1. The highest BCUT2D eigenvalue weighted by Gasteiger charge is 2.29. The number of fused-ring (bicyclic) bond motifs is 2. The Hall–Kier alpha value is -3.34. The monoisotopic (exact) mass is 515 g/mol. The fraction of sp³-hybridized carbons (Fsp3) is 0.281. The first kappa shape index (κ1) is 26.7. The van der Waals surface area contributed by atoms with Gasteiger partial charge in [-0.15, -0.1) is 12.4 Å². The lowest BCUT2D eigenvalue weighted by molar-refractivity contribution is 0.0696. The van der Waals surface area contributed by atoms with Gasteiger partial charge in [0.2, 0.25) is 0 Å². The fourth-order valence-electron chi connectivity index (χ4n) is 5.46. The molecule has 0 saturated heterocycles. The molecule has 4 nitrogen and oxygen atoms in total. The Labute approximate surface area is 225 Å². The summed E-state index contributed by atoms with van der Waals surface area (Å²) in [5.41, 5.74) is 4.66. The van der Waals surface area contributed by atoms with Crippen LogP contribution in [-0.4, -0.2) is 23.7 Å². The quantitative estimate of drug-likeness (QED) is 0.236. The number of aromatic carboxylic acids is 1. The van der Waals surface area contributed by atoms with Crippen molar-refractivity contribution in [3.05, 3.63) is 113 Å². The van der Waals surface area contributed by atoms with E-state index in [9.17, 15) is 9.90 Å². The summed E-state index contributed by atoms with van der Waals surface area (Å²) in [6.45, 7) is 4.98. The van der Waals surface area contributed by atoms with Crippen molar-refractivity contribution in [1.82, 2.24) is 5.32 Å². The first-order chi connectivity index (χ1) is 17.5. The van der Waals surface area contributed by atoms with E-state index in [2.05, 4.69) is 66.8 Å². The lowest BCUT2D eigenvalue weighted by atomic mass is 9.82. The molecule has 5 heteroatoms. The van der Waals surface area contributed by atoms with Crippen LogP contribution in [0, 0.1) is 6.92 Å². The first-order valence-electron chi connectivity index (χ1n) is 12.8. The number of ether oxygens (including phenoxy) is 1. The van der Waals surface area contributed by atoms with Crippen molar-refractivity contribution >= 4 is 29.1 Å². The summed E-state index contributed by atoms with van der Waals surface area (Å²) in [7, 11) is 0. The van der Waals surface area contributed by atoms with E-state index in [1.807, 2.05) is 37.3 Å². The zero-order valence-electron chi connectivity index (χ0n) is 21.3. The number of carboxylic acids is 1. The molecule has 4 aromatic rings. The maximum atomic E-state index is 11.7. The van der Waals surface area contributed by atoms with Gasteiger partial charge in [0.05, 0.1) is 11.7 Å². The van der Waals surface area contributed by atoms with E-state index < -0.39 is 5.97 Å². The molecule has 0 amide bonds. The highest BCUT2D eigenvalue weighted by Crippen LogP contribution is 2.41. The van der Waals surface area contributed by atoms with Crippen LogP contribution in [0.4, 0.5) is 0 Å². The van der Waals surface area contributed by atoms with Gasteiger partial charge in [-0.1, -0.05) is 72.8 Å². The third kappa shape index (κ3) is 5.82. The van der Waals surface area contributed by atoms with Crippen LogP contribution >= 0.6 is 12.4 Å². The average molecular weight is 516 g/mol. The minimum atomic E-state index is -0.877. The molecular formula is C32H34ClNO3. The predicted octanol–water partition coefficient (Wildman–Crippen LogP) is 7.68. The summed E-state index contributed by atoms with van der Waals surface area (Å²) >= 11 is 0. The average Bonchev–Trinajstić information content (AvgIpc) is 2.90. The van der Waals surface area contributed by atoms with Gasteiger partial charge in [0.1, 0.15) is 5.75 Å². The van der Waals surface area contributed by atoms with Crippen LogP contribution in [0.3, 0.4) is 0 Å². The van der Waals surface area contributed by atoms with Gasteiger partial charge in [-0.3, -0.25) is 0 Å². The molecule has 3 atom stereocenters. The van der Waals surface area contributed by atoms with Gasteiger partial charge in [0, 0.05) is 17.5 Å². The van der Waals surface area contributed by atoms with Crippen molar-refractivity contribution in [3.63, 3.8) is 0 Å². The van der Waals surface area contributed by atoms with Crippen molar-refractivity contribution in [3.8, 4) is 5.75 Å². The largest absolute Gasteiger partial charge is 0.490 e. The highest BCUT2D eigenvalue weighted by molar-refractivity contribution is 5.89. The van der Waals surface area contributed by atoms with Gasteiger partial charge in [-0.2, -0.15) is 0 Å². The second-order valence-corrected chi connectivity index (χ2v) is 9.83. The van der Waals surface area contributed by atoms with Crippen LogP contribution in [0.2, 0.25) is 0 Å². The van der Waals surface area contributed by atoms with E-state index in [1.165, 1.54) is 16.3 Å².